The molecule has 0 saturated carbocycles. The Morgan fingerprint density at radius 2 is 1.81 bits per heavy atom. The Morgan fingerprint density at radius 1 is 1.12 bits per heavy atom. The highest BCUT2D eigenvalue weighted by Gasteiger charge is 2.30. The van der Waals surface area contributed by atoms with Crippen molar-refractivity contribution in [3.8, 4) is 0 Å². The Labute approximate surface area is 155 Å². The first kappa shape index (κ1) is 18.9. The molecule has 1 heterocycles. The van der Waals surface area contributed by atoms with E-state index in [0.29, 0.717) is 4.90 Å². The van der Waals surface area contributed by atoms with Crippen molar-refractivity contribution in [2.75, 3.05) is 13.1 Å². The predicted octanol–water partition coefficient (Wildman–Crippen LogP) is 3.87. The molecule has 9 heteroatoms. The van der Waals surface area contributed by atoms with E-state index in [2.05, 4.69) is 9.03 Å². The molecule has 1 N–H and O–H groups in total. The number of halogens is 3. The largest absolute Gasteiger partial charge is 0.416 e. The van der Waals surface area contributed by atoms with Crippen LogP contribution in [0.4, 0.5) is 13.2 Å². The summed E-state index contributed by atoms with van der Waals surface area (Å²) in [6, 6.07) is 10.8. The van der Waals surface area contributed by atoms with Gasteiger partial charge < -0.3 is 0 Å². The molecule has 0 bridgehead atoms. The third-order valence-electron chi connectivity index (χ3n) is 3.73. The number of nitrogens with zero attached hydrogens (tertiary/aromatic N) is 1. The first-order valence-corrected chi connectivity index (χ1v) is 9.68. The van der Waals surface area contributed by atoms with Gasteiger partial charge in [0.05, 0.1) is 10.5 Å². The van der Waals surface area contributed by atoms with Gasteiger partial charge in [0.15, 0.2) is 11.0 Å². The summed E-state index contributed by atoms with van der Waals surface area (Å²) in [5, 5.41) is 0. The van der Waals surface area contributed by atoms with Crippen molar-refractivity contribution >= 4 is 28.8 Å². The Morgan fingerprint density at radius 3 is 2.38 bits per heavy atom. The lowest BCUT2D eigenvalue weighted by Gasteiger charge is -2.29. The normalized spacial score (nSPS) is 16.0. The molecule has 2 aromatic carbocycles. The van der Waals surface area contributed by atoms with Gasteiger partial charge in [-0.15, -0.1) is 0 Å². The van der Waals surface area contributed by atoms with E-state index in [1.54, 1.807) is 30.1 Å². The van der Waals surface area contributed by atoms with Crippen molar-refractivity contribution in [2.24, 2.45) is 0 Å². The summed E-state index contributed by atoms with van der Waals surface area (Å²) in [5.41, 5.74) is -0.830. The maximum Gasteiger partial charge on any atom is 0.416 e. The van der Waals surface area contributed by atoms with Gasteiger partial charge >= 0.3 is 6.18 Å². The molecule has 1 aliphatic heterocycles. The molecular weight excluding hydrogens is 385 g/mol. The minimum Gasteiger partial charge on any atom is -0.268 e. The summed E-state index contributed by atoms with van der Waals surface area (Å²) in [6.07, 6.45) is -3.31. The number of carbonyl (C=O) groups excluding carboxylic acids is 1. The van der Waals surface area contributed by atoms with Crippen LogP contribution < -0.4 is 4.72 Å². The average Bonchev–Trinajstić information content (AvgIpc) is 2.58. The maximum atomic E-state index is 12.6. The summed E-state index contributed by atoms with van der Waals surface area (Å²) < 4.78 is 54.5. The molecular formula is C17H15F3N2O2S2. The molecule has 1 unspecified atom stereocenters. The van der Waals surface area contributed by atoms with Gasteiger partial charge in [-0.25, -0.2) is 8.51 Å². The van der Waals surface area contributed by atoms with Crippen molar-refractivity contribution in [3.63, 3.8) is 0 Å². The minimum atomic E-state index is -4.47. The molecule has 1 amide bonds. The van der Waals surface area contributed by atoms with Crippen LogP contribution in [-0.2, 0) is 17.2 Å². The zero-order valence-electron chi connectivity index (χ0n) is 13.5. The zero-order valence-corrected chi connectivity index (χ0v) is 15.1. The molecule has 0 aliphatic carbocycles. The van der Waals surface area contributed by atoms with Gasteiger partial charge in [-0.05, 0) is 60.8 Å². The number of rotatable bonds is 5. The van der Waals surface area contributed by atoms with Gasteiger partial charge in [0.25, 0.3) is 5.91 Å². The van der Waals surface area contributed by atoms with Crippen LogP contribution in [0.5, 0.6) is 0 Å². The lowest BCUT2D eigenvalue weighted by molar-refractivity contribution is -0.137. The van der Waals surface area contributed by atoms with Crippen LogP contribution in [0.3, 0.4) is 0 Å². The van der Waals surface area contributed by atoms with Crippen LogP contribution in [0.15, 0.2) is 58.3 Å². The second kappa shape index (κ2) is 7.81. The molecule has 2 aromatic rings. The average molecular weight is 400 g/mol. The van der Waals surface area contributed by atoms with E-state index in [0.717, 1.165) is 48.7 Å². The molecule has 26 heavy (non-hydrogen) atoms. The molecule has 0 aromatic heterocycles. The van der Waals surface area contributed by atoms with E-state index in [4.69, 9.17) is 0 Å². The number of alkyl halides is 3. The van der Waals surface area contributed by atoms with Crippen molar-refractivity contribution in [3.05, 3.63) is 59.7 Å². The van der Waals surface area contributed by atoms with Crippen LogP contribution >= 0.6 is 11.9 Å². The van der Waals surface area contributed by atoms with Crippen molar-refractivity contribution in [1.29, 1.82) is 0 Å². The number of benzene rings is 2. The van der Waals surface area contributed by atoms with Crippen LogP contribution in [-0.4, -0.2) is 27.5 Å². The Kier molecular flexibility index (Phi) is 5.69. The van der Waals surface area contributed by atoms with Gasteiger partial charge in [0.1, 0.15) is 0 Å². The molecule has 1 atom stereocenters. The van der Waals surface area contributed by atoms with E-state index in [-0.39, 0.29) is 5.56 Å². The molecule has 1 saturated heterocycles. The first-order chi connectivity index (χ1) is 12.3. The van der Waals surface area contributed by atoms with E-state index in [1.807, 2.05) is 6.07 Å². The summed E-state index contributed by atoms with van der Waals surface area (Å²) >= 11 is 1.56. The molecule has 1 fully saturated rings. The third-order valence-corrected chi connectivity index (χ3v) is 5.87. The molecule has 138 valence electrons. The number of hydrogen-bond acceptors (Lipinski definition) is 4. The quantitative estimate of drug-likeness (QED) is 0.774. The fourth-order valence-corrected chi connectivity index (χ4v) is 4.16. The van der Waals surface area contributed by atoms with Crippen molar-refractivity contribution < 1.29 is 22.2 Å². The van der Waals surface area contributed by atoms with Crippen LogP contribution in [0, 0.1) is 0 Å². The lowest BCUT2D eigenvalue weighted by Crippen LogP contribution is -2.30. The minimum absolute atomic E-state index is 0.0115. The maximum absolute atomic E-state index is 12.6. The second-order valence-corrected chi connectivity index (χ2v) is 8.01. The van der Waals surface area contributed by atoms with Gasteiger partial charge in [0, 0.05) is 23.5 Å². The van der Waals surface area contributed by atoms with Gasteiger partial charge in [-0.2, -0.15) is 13.2 Å². The highest BCUT2D eigenvalue weighted by Crippen LogP contribution is 2.29. The molecule has 1 aliphatic rings. The number of amides is 1. The fourth-order valence-electron chi connectivity index (χ4n) is 2.19. The summed E-state index contributed by atoms with van der Waals surface area (Å²) in [7, 11) is -1.80. The summed E-state index contributed by atoms with van der Waals surface area (Å²) in [6.45, 7) is 2.01. The number of hydrogen-bond donors (Lipinski definition) is 1. The van der Waals surface area contributed by atoms with Crippen LogP contribution in [0.2, 0.25) is 0 Å². The topological polar surface area (TPSA) is 49.4 Å². The monoisotopic (exact) mass is 400 g/mol. The number of carbonyl (C=O) groups is 1. The Hall–Kier alpha value is -1.84. The third kappa shape index (κ3) is 4.66. The van der Waals surface area contributed by atoms with Crippen molar-refractivity contribution in [1.82, 2.24) is 9.03 Å². The zero-order chi connectivity index (χ0) is 18.7. The second-order valence-electron chi connectivity index (χ2n) is 5.62. The summed E-state index contributed by atoms with van der Waals surface area (Å²) in [5.74, 6) is -0.696. The smallest absolute Gasteiger partial charge is 0.268 e. The standard InChI is InChI=1S/C17H15F3N2O2S2/c18-17(19,20)13-7-5-12(6-8-13)16(23)21-26(24)15-4-1-3-14(11-15)25-22-9-2-10-22/h1,3-8,11H,2,9-10H2,(H,21,23). The van der Waals surface area contributed by atoms with E-state index >= 15 is 0 Å². The Bertz CT molecular complexity index is 822. The molecule has 0 spiro atoms. The van der Waals surface area contributed by atoms with Crippen molar-refractivity contribution in [2.45, 2.75) is 22.4 Å². The Balaban J connectivity index is 1.65. The first-order valence-electron chi connectivity index (χ1n) is 7.76. The number of nitrogens with one attached hydrogen (secondary N) is 1. The fraction of sp³-hybridized carbons (Fsp3) is 0.235. The van der Waals surface area contributed by atoms with E-state index < -0.39 is 28.6 Å². The predicted molar refractivity (Wildman–Crippen MR) is 93.8 cm³/mol. The highest BCUT2D eigenvalue weighted by atomic mass is 32.2. The van der Waals surface area contributed by atoms with E-state index in [9.17, 15) is 22.2 Å². The molecule has 4 nitrogen and oxygen atoms in total. The van der Waals surface area contributed by atoms with Crippen LogP contribution in [0.1, 0.15) is 22.3 Å². The SMILES string of the molecule is O=C(NS(=O)c1cccc(SN2CCC2)c1)c1ccc(C(F)(F)F)cc1. The van der Waals surface area contributed by atoms with E-state index in [1.165, 1.54) is 0 Å². The lowest BCUT2D eigenvalue weighted by atomic mass is 10.1. The molecule has 3 rings (SSSR count). The molecule has 0 radical (unpaired) electrons. The summed E-state index contributed by atoms with van der Waals surface area (Å²) in [4.78, 5) is 13.5. The van der Waals surface area contributed by atoms with Gasteiger partial charge in [0.2, 0.25) is 0 Å². The van der Waals surface area contributed by atoms with Gasteiger partial charge in [-0.3, -0.25) is 9.52 Å². The van der Waals surface area contributed by atoms with Crippen LogP contribution in [0.25, 0.3) is 0 Å². The van der Waals surface area contributed by atoms with Gasteiger partial charge in [-0.1, -0.05) is 6.07 Å². The highest BCUT2D eigenvalue weighted by molar-refractivity contribution is 7.97.